The van der Waals surface area contributed by atoms with Crippen LogP contribution in [0.5, 0.6) is 11.5 Å². The van der Waals surface area contributed by atoms with Crippen LogP contribution in [0.25, 0.3) is 0 Å². The molecule has 0 fully saturated rings. The highest BCUT2D eigenvalue weighted by atomic mass is 16.5. The standard InChI is InChI=1S/C16H12O5/c1-11(18)20-15-5-3-2-4-14(15)16(19)21-13-8-6-12(10-17)7-9-13/h2-10H,1H3. The van der Waals surface area contributed by atoms with Crippen LogP contribution in [-0.2, 0) is 4.79 Å². The Hall–Kier alpha value is -2.95. The molecule has 0 radical (unpaired) electrons. The Balaban J connectivity index is 2.19. The summed E-state index contributed by atoms with van der Waals surface area (Å²) in [6.45, 7) is 1.25. The van der Waals surface area contributed by atoms with Crippen LogP contribution >= 0.6 is 0 Å². The van der Waals surface area contributed by atoms with Crippen molar-refractivity contribution in [1.29, 1.82) is 0 Å². The molecule has 0 bridgehead atoms. The van der Waals surface area contributed by atoms with Crippen LogP contribution in [-0.4, -0.2) is 18.2 Å². The van der Waals surface area contributed by atoms with Gasteiger partial charge in [0, 0.05) is 12.5 Å². The first-order valence-electron chi connectivity index (χ1n) is 6.15. The van der Waals surface area contributed by atoms with Crippen molar-refractivity contribution in [3.63, 3.8) is 0 Å². The summed E-state index contributed by atoms with van der Waals surface area (Å²) in [5, 5.41) is 0. The monoisotopic (exact) mass is 284 g/mol. The molecule has 0 aliphatic rings. The third-order valence-corrected chi connectivity index (χ3v) is 2.59. The second-order valence-corrected chi connectivity index (χ2v) is 4.17. The number of benzene rings is 2. The minimum Gasteiger partial charge on any atom is -0.426 e. The van der Waals surface area contributed by atoms with Crippen molar-refractivity contribution in [3.8, 4) is 11.5 Å². The minimum atomic E-state index is -0.647. The van der Waals surface area contributed by atoms with Gasteiger partial charge in [-0.2, -0.15) is 0 Å². The van der Waals surface area contributed by atoms with E-state index in [9.17, 15) is 14.4 Å². The summed E-state index contributed by atoms with van der Waals surface area (Å²) in [5.41, 5.74) is 0.627. The third kappa shape index (κ3) is 3.76. The maximum atomic E-state index is 12.1. The van der Waals surface area contributed by atoms with Gasteiger partial charge in [-0.3, -0.25) is 9.59 Å². The number of hydrogen-bond acceptors (Lipinski definition) is 5. The number of para-hydroxylation sites is 1. The minimum absolute atomic E-state index is 0.138. The Kier molecular flexibility index (Phi) is 4.46. The van der Waals surface area contributed by atoms with E-state index in [4.69, 9.17) is 9.47 Å². The van der Waals surface area contributed by atoms with E-state index in [1.165, 1.54) is 43.3 Å². The molecule has 21 heavy (non-hydrogen) atoms. The molecule has 0 saturated heterocycles. The van der Waals surface area contributed by atoms with Crippen molar-refractivity contribution in [3.05, 3.63) is 59.7 Å². The average molecular weight is 284 g/mol. The molecule has 0 N–H and O–H groups in total. The van der Waals surface area contributed by atoms with Crippen LogP contribution in [0.3, 0.4) is 0 Å². The molecule has 0 saturated carbocycles. The molecule has 0 heterocycles. The van der Waals surface area contributed by atoms with Crippen LogP contribution in [0.1, 0.15) is 27.6 Å². The van der Waals surface area contributed by atoms with Crippen molar-refractivity contribution >= 4 is 18.2 Å². The molecule has 0 unspecified atom stereocenters. The zero-order chi connectivity index (χ0) is 15.2. The number of ether oxygens (including phenoxy) is 2. The number of carbonyl (C=O) groups is 3. The molecule has 0 aliphatic carbocycles. The smallest absolute Gasteiger partial charge is 0.347 e. The van der Waals surface area contributed by atoms with Gasteiger partial charge >= 0.3 is 11.9 Å². The molecule has 2 aromatic rings. The largest absolute Gasteiger partial charge is 0.426 e. The number of rotatable bonds is 4. The van der Waals surface area contributed by atoms with Gasteiger partial charge in [-0.05, 0) is 36.4 Å². The van der Waals surface area contributed by atoms with E-state index in [0.29, 0.717) is 17.6 Å². The van der Waals surface area contributed by atoms with Crippen LogP contribution in [0.15, 0.2) is 48.5 Å². The highest BCUT2D eigenvalue weighted by molar-refractivity contribution is 5.94. The van der Waals surface area contributed by atoms with E-state index in [1.807, 2.05) is 0 Å². The van der Waals surface area contributed by atoms with Crippen LogP contribution in [0.4, 0.5) is 0 Å². The summed E-state index contributed by atoms with van der Waals surface area (Å²) in [6, 6.07) is 12.4. The SMILES string of the molecule is CC(=O)Oc1ccccc1C(=O)Oc1ccc(C=O)cc1. The molecule has 0 aliphatic heterocycles. The maximum absolute atomic E-state index is 12.1. The number of hydrogen-bond donors (Lipinski definition) is 0. The van der Waals surface area contributed by atoms with Crippen LogP contribution < -0.4 is 9.47 Å². The molecule has 0 atom stereocenters. The Morgan fingerprint density at radius 3 is 2.24 bits per heavy atom. The van der Waals surface area contributed by atoms with Gasteiger partial charge in [0.15, 0.2) is 0 Å². The zero-order valence-electron chi connectivity index (χ0n) is 11.2. The van der Waals surface area contributed by atoms with E-state index < -0.39 is 11.9 Å². The second-order valence-electron chi connectivity index (χ2n) is 4.17. The van der Waals surface area contributed by atoms with Gasteiger partial charge in [-0.1, -0.05) is 12.1 Å². The molecule has 106 valence electrons. The van der Waals surface area contributed by atoms with Crippen molar-refractivity contribution in [2.24, 2.45) is 0 Å². The topological polar surface area (TPSA) is 69.7 Å². The summed E-state index contributed by atoms with van der Waals surface area (Å²) in [4.78, 5) is 33.6. The van der Waals surface area contributed by atoms with Gasteiger partial charge in [-0.25, -0.2) is 4.79 Å². The molecule has 2 aromatic carbocycles. The van der Waals surface area contributed by atoms with Gasteiger partial charge in [0.05, 0.1) is 0 Å². The third-order valence-electron chi connectivity index (χ3n) is 2.59. The van der Waals surface area contributed by atoms with E-state index in [1.54, 1.807) is 12.1 Å². The van der Waals surface area contributed by atoms with Gasteiger partial charge in [0.1, 0.15) is 23.3 Å². The Bertz CT molecular complexity index is 673. The van der Waals surface area contributed by atoms with E-state index in [2.05, 4.69) is 0 Å². The lowest BCUT2D eigenvalue weighted by Gasteiger charge is -2.08. The Labute approximate surface area is 121 Å². The molecular weight excluding hydrogens is 272 g/mol. The van der Waals surface area contributed by atoms with E-state index in [-0.39, 0.29) is 11.3 Å². The number of aldehydes is 1. The number of carbonyl (C=O) groups excluding carboxylic acids is 3. The van der Waals surface area contributed by atoms with Crippen LogP contribution in [0, 0.1) is 0 Å². The first-order valence-corrected chi connectivity index (χ1v) is 6.15. The van der Waals surface area contributed by atoms with Gasteiger partial charge in [-0.15, -0.1) is 0 Å². The van der Waals surface area contributed by atoms with Crippen LogP contribution in [0.2, 0.25) is 0 Å². The number of esters is 2. The highest BCUT2D eigenvalue weighted by Crippen LogP contribution is 2.21. The summed E-state index contributed by atoms with van der Waals surface area (Å²) in [7, 11) is 0. The summed E-state index contributed by atoms with van der Waals surface area (Å²) in [6.07, 6.45) is 0.696. The van der Waals surface area contributed by atoms with E-state index in [0.717, 1.165) is 0 Å². The van der Waals surface area contributed by atoms with Crippen molar-refractivity contribution in [2.75, 3.05) is 0 Å². The van der Waals surface area contributed by atoms with Gasteiger partial charge in [0.2, 0.25) is 0 Å². The Morgan fingerprint density at radius 2 is 1.62 bits per heavy atom. The highest BCUT2D eigenvalue weighted by Gasteiger charge is 2.15. The predicted molar refractivity (Wildman–Crippen MR) is 74.5 cm³/mol. The van der Waals surface area contributed by atoms with Crippen molar-refractivity contribution in [1.82, 2.24) is 0 Å². The second kappa shape index (κ2) is 6.47. The molecule has 2 rings (SSSR count). The lowest BCUT2D eigenvalue weighted by Crippen LogP contribution is -2.12. The summed E-state index contributed by atoms with van der Waals surface area (Å²) < 4.78 is 10.1. The first-order chi connectivity index (χ1) is 10.1. The fourth-order valence-electron chi connectivity index (χ4n) is 1.66. The molecule has 0 amide bonds. The van der Waals surface area contributed by atoms with Gasteiger partial charge < -0.3 is 9.47 Å². The quantitative estimate of drug-likeness (QED) is 0.490. The summed E-state index contributed by atoms with van der Waals surface area (Å²) in [5.74, 6) is -0.737. The molecule has 0 aromatic heterocycles. The lowest BCUT2D eigenvalue weighted by atomic mass is 10.2. The molecular formula is C16H12O5. The van der Waals surface area contributed by atoms with Gasteiger partial charge in [0.25, 0.3) is 0 Å². The first kappa shape index (κ1) is 14.5. The summed E-state index contributed by atoms with van der Waals surface area (Å²) >= 11 is 0. The fourth-order valence-corrected chi connectivity index (χ4v) is 1.66. The van der Waals surface area contributed by atoms with E-state index >= 15 is 0 Å². The van der Waals surface area contributed by atoms with Crippen molar-refractivity contribution in [2.45, 2.75) is 6.92 Å². The molecule has 5 nitrogen and oxygen atoms in total. The lowest BCUT2D eigenvalue weighted by molar-refractivity contribution is -0.131. The predicted octanol–water partition coefficient (Wildman–Crippen LogP) is 2.64. The average Bonchev–Trinajstić information content (AvgIpc) is 2.48. The fraction of sp³-hybridized carbons (Fsp3) is 0.0625. The Morgan fingerprint density at radius 1 is 0.952 bits per heavy atom. The maximum Gasteiger partial charge on any atom is 0.347 e. The zero-order valence-corrected chi connectivity index (χ0v) is 11.2. The van der Waals surface area contributed by atoms with Crippen molar-refractivity contribution < 1.29 is 23.9 Å². The molecule has 5 heteroatoms. The normalized spacial score (nSPS) is 9.76. The molecule has 0 spiro atoms.